The zero-order chi connectivity index (χ0) is 34.2. The van der Waals surface area contributed by atoms with Crippen molar-refractivity contribution < 1.29 is 32.2 Å². The monoisotopic (exact) mass is 682 g/mol. The SMILES string of the molecule is COC[C@]12[C@@H]3CCN(S(=O)(=O)c4ccc(C)cc4)[C@H]1[C@](CCCCCCCCCC=O)(COCc1ccccc1)C[C@H]3CN2C(=O)OC. The van der Waals surface area contributed by atoms with Crippen LogP contribution in [0.15, 0.2) is 59.5 Å². The first-order valence-corrected chi connectivity index (χ1v) is 19.2. The lowest BCUT2D eigenvalue weighted by Crippen LogP contribution is -2.76. The van der Waals surface area contributed by atoms with Gasteiger partial charge in [0.15, 0.2) is 0 Å². The third-order valence-corrected chi connectivity index (χ3v) is 13.1. The summed E-state index contributed by atoms with van der Waals surface area (Å²) in [4.78, 5) is 26.3. The molecule has 0 aromatic heterocycles. The Kier molecular flexibility index (Phi) is 12.4. The average molecular weight is 683 g/mol. The van der Waals surface area contributed by atoms with Gasteiger partial charge in [0.05, 0.1) is 43.4 Å². The van der Waals surface area contributed by atoms with E-state index in [1.807, 2.05) is 54.3 Å². The smallest absolute Gasteiger partial charge is 0.410 e. The molecule has 0 N–H and O–H groups in total. The average Bonchev–Trinajstić information content (AvgIpc) is 3.33. The number of methoxy groups -OCH3 is 2. The summed E-state index contributed by atoms with van der Waals surface area (Å²) in [5.74, 6) is 0.262. The molecule has 3 aliphatic rings. The van der Waals surface area contributed by atoms with Gasteiger partial charge < -0.3 is 19.0 Å². The van der Waals surface area contributed by atoms with Gasteiger partial charge in [-0.3, -0.25) is 4.90 Å². The van der Waals surface area contributed by atoms with Crippen LogP contribution in [0.5, 0.6) is 0 Å². The number of aryl methyl sites for hydroxylation is 1. The zero-order valence-electron chi connectivity index (χ0n) is 29.0. The number of ether oxygens (including phenoxy) is 3. The molecule has 1 aliphatic carbocycles. The van der Waals surface area contributed by atoms with E-state index in [0.717, 1.165) is 75.2 Å². The number of likely N-dealkylation sites (tertiary alicyclic amines) is 1. The maximum Gasteiger partial charge on any atom is 0.410 e. The number of hydrogen-bond acceptors (Lipinski definition) is 7. The number of sulfonamides is 1. The minimum Gasteiger partial charge on any atom is -0.453 e. The molecule has 5 atom stereocenters. The number of rotatable bonds is 18. The largest absolute Gasteiger partial charge is 0.453 e. The van der Waals surface area contributed by atoms with E-state index in [4.69, 9.17) is 14.2 Å². The molecule has 2 aliphatic heterocycles. The van der Waals surface area contributed by atoms with Gasteiger partial charge >= 0.3 is 6.09 Å². The van der Waals surface area contributed by atoms with Crippen molar-refractivity contribution in [1.29, 1.82) is 0 Å². The standard InChI is InChI=1S/C38H54N2O7S/c1-30-17-19-33(20-18-30)48(43,44)40-23-21-34-32-25-37(28-47-27-31-15-11-10-12-16-31,22-13-8-6-4-5-7-9-14-24-41)35(40)38(34,29-45-2)39(26-32)36(42)46-3/h10-12,15-20,24,32,34-35H,4-9,13-14,21-23,25-29H2,1-3H3/t32-,34+,35-,37-,38-/m0/s1. The molecule has 264 valence electrons. The van der Waals surface area contributed by atoms with Crippen LogP contribution in [0, 0.1) is 24.2 Å². The quantitative estimate of drug-likeness (QED) is 0.126. The second kappa shape index (κ2) is 16.3. The van der Waals surface area contributed by atoms with Crippen molar-refractivity contribution in [3.63, 3.8) is 0 Å². The molecule has 4 bridgehead atoms. The van der Waals surface area contributed by atoms with Gasteiger partial charge in [0, 0.05) is 32.0 Å². The van der Waals surface area contributed by atoms with Crippen molar-refractivity contribution in [3.05, 3.63) is 65.7 Å². The number of aldehydes is 1. The van der Waals surface area contributed by atoms with E-state index in [1.54, 1.807) is 23.5 Å². The Morgan fingerprint density at radius 3 is 2.29 bits per heavy atom. The Labute approximate surface area is 287 Å². The van der Waals surface area contributed by atoms with E-state index in [-0.39, 0.29) is 23.3 Å². The number of carbonyl (C=O) groups is 2. The molecule has 2 aromatic carbocycles. The highest BCUT2D eigenvalue weighted by Crippen LogP contribution is 2.62. The van der Waals surface area contributed by atoms with Crippen molar-refractivity contribution >= 4 is 22.4 Å². The highest BCUT2D eigenvalue weighted by molar-refractivity contribution is 7.89. The molecule has 2 saturated heterocycles. The number of hydrogen-bond donors (Lipinski definition) is 0. The zero-order valence-corrected chi connectivity index (χ0v) is 29.8. The van der Waals surface area contributed by atoms with E-state index < -0.39 is 33.1 Å². The van der Waals surface area contributed by atoms with Gasteiger partial charge in [-0.15, -0.1) is 0 Å². The van der Waals surface area contributed by atoms with Crippen LogP contribution in [0.4, 0.5) is 4.79 Å². The van der Waals surface area contributed by atoms with E-state index >= 15 is 0 Å². The molecule has 48 heavy (non-hydrogen) atoms. The van der Waals surface area contributed by atoms with Crippen LogP contribution >= 0.6 is 0 Å². The summed E-state index contributed by atoms with van der Waals surface area (Å²) < 4.78 is 49.2. The van der Waals surface area contributed by atoms with Crippen LogP contribution in [-0.2, 0) is 35.6 Å². The van der Waals surface area contributed by atoms with E-state index in [0.29, 0.717) is 39.1 Å². The number of amides is 1. The van der Waals surface area contributed by atoms with Crippen molar-refractivity contribution in [2.24, 2.45) is 17.3 Å². The van der Waals surface area contributed by atoms with Gasteiger partial charge in [-0.2, -0.15) is 4.31 Å². The number of unbranched alkanes of at least 4 members (excludes halogenated alkanes) is 7. The first-order valence-electron chi connectivity index (χ1n) is 17.7. The van der Waals surface area contributed by atoms with Crippen LogP contribution < -0.4 is 0 Å². The van der Waals surface area contributed by atoms with Crippen LogP contribution in [0.3, 0.4) is 0 Å². The van der Waals surface area contributed by atoms with E-state index in [2.05, 4.69) is 0 Å². The molecule has 3 fully saturated rings. The molecule has 0 unspecified atom stereocenters. The number of carbonyl (C=O) groups excluding carboxylic acids is 2. The minimum absolute atomic E-state index is 0.0830. The molecule has 2 heterocycles. The lowest BCUT2D eigenvalue weighted by atomic mass is 9.53. The van der Waals surface area contributed by atoms with Gasteiger partial charge in [-0.1, -0.05) is 86.6 Å². The summed E-state index contributed by atoms with van der Waals surface area (Å²) in [5, 5.41) is 0. The summed E-state index contributed by atoms with van der Waals surface area (Å²) >= 11 is 0. The Morgan fingerprint density at radius 2 is 1.62 bits per heavy atom. The van der Waals surface area contributed by atoms with Crippen molar-refractivity contribution in [1.82, 2.24) is 9.21 Å². The third kappa shape index (κ3) is 7.37. The van der Waals surface area contributed by atoms with Crippen LogP contribution in [0.25, 0.3) is 0 Å². The van der Waals surface area contributed by atoms with E-state index in [9.17, 15) is 18.0 Å². The molecule has 9 nitrogen and oxygen atoms in total. The number of nitrogens with zero attached hydrogens (tertiary/aromatic N) is 2. The topological polar surface area (TPSA) is 102 Å². The molecule has 2 aromatic rings. The second-order valence-electron chi connectivity index (χ2n) is 14.2. The summed E-state index contributed by atoms with van der Waals surface area (Å²) in [6.45, 7) is 3.86. The molecule has 0 spiro atoms. The highest BCUT2D eigenvalue weighted by Gasteiger charge is 2.73. The van der Waals surface area contributed by atoms with Crippen LogP contribution in [-0.4, -0.2) is 82.1 Å². The molecule has 1 saturated carbocycles. The normalized spacial score (nSPS) is 26.8. The maximum atomic E-state index is 14.8. The van der Waals surface area contributed by atoms with Gasteiger partial charge in [0.25, 0.3) is 0 Å². The molecular formula is C38H54N2O7S. The van der Waals surface area contributed by atoms with Crippen LogP contribution in [0.1, 0.15) is 81.8 Å². The molecule has 1 amide bonds. The van der Waals surface area contributed by atoms with Gasteiger partial charge in [0.2, 0.25) is 10.0 Å². The van der Waals surface area contributed by atoms with Crippen molar-refractivity contribution in [2.45, 2.75) is 101 Å². The highest BCUT2D eigenvalue weighted by atomic mass is 32.2. The number of benzene rings is 2. The predicted molar refractivity (Wildman–Crippen MR) is 185 cm³/mol. The fraction of sp³-hybridized carbons (Fsp3) is 0.632. The molecular weight excluding hydrogens is 628 g/mol. The first kappa shape index (κ1) is 36.5. The van der Waals surface area contributed by atoms with Crippen molar-refractivity contribution in [3.8, 4) is 0 Å². The van der Waals surface area contributed by atoms with Gasteiger partial charge in [-0.05, 0) is 62.1 Å². The fourth-order valence-corrected chi connectivity index (χ4v) is 11.0. The van der Waals surface area contributed by atoms with Gasteiger partial charge in [0.1, 0.15) is 6.29 Å². The van der Waals surface area contributed by atoms with Crippen LogP contribution in [0.2, 0.25) is 0 Å². The minimum atomic E-state index is -3.95. The Bertz CT molecular complexity index is 1450. The maximum absolute atomic E-state index is 14.8. The molecule has 10 heteroatoms. The summed E-state index contributed by atoms with van der Waals surface area (Å²) in [6.07, 6.45) is 10.6. The third-order valence-electron chi connectivity index (χ3n) is 11.2. The molecule has 5 rings (SSSR count). The number of piperidine rings is 1. The van der Waals surface area contributed by atoms with Gasteiger partial charge in [-0.25, -0.2) is 13.2 Å². The Balaban J connectivity index is 1.53. The predicted octanol–water partition coefficient (Wildman–Crippen LogP) is 6.77. The molecule has 0 radical (unpaired) electrons. The summed E-state index contributed by atoms with van der Waals surface area (Å²) in [5.41, 5.74) is 0.605. The van der Waals surface area contributed by atoms with Crippen molar-refractivity contribution in [2.75, 3.05) is 40.5 Å². The lowest BCUT2D eigenvalue weighted by molar-refractivity contribution is -0.148. The summed E-state index contributed by atoms with van der Waals surface area (Å²) in [6, 6.07) is 16.6. The first-order chi connectivity index (χ1) is 23.2. The van der Waals surface area contributed by atoms with E-state index in [1.165, 1.54) is 7.11 Å². The summed E-state index contributed by atoms with van der Waals surface area (Å²) in [7, 11) is -0.904. The Hall–Kier alpha value is -2.79. The fourth-order valence-electron chi connectivity index (χ4n) is 9.24. The second-order valence-corrected chi connectivity index (χ2v) is 16.1. The Morgan fingerprint density at radius 1 is 0.938 bits per heavy atom. The lowest BCUT2D eigenvalue weighted by Gasteiger charge is -2.63.